The fourth-order valence-corrected chi connectivity index (χ4v) is 3.79. The molecule has 1 amide bonds. The lowest BCUT2D eigenvalue weighted by Crippen LogP contribution is -2.54. The first-order chi connectivity index (χ1) is 13.9. The van der Waals surface area contributed by atoms with Crippen molar-refractivity contribution in [3.63, 3.8) is 0 Å². The summed E-state index contributed by atoms with van der Waals surface area (Å²) >= 11 is 0. The molecule has 1 aliphatic carbocycles. The van der Waals surface area contributed by atoms with Gasteiger partial charge in [0.25, 0.3) is 0 Å². The van der Waals surface area contributed by atoms with E-state index < -0.39 is 5.41 Å². The molecule has 1 aromatic heterocycles. The van der Waals surface area contributed by atoms with Gasteiger partial charge < -0.3 is 20.4 Å². The maximum atomic E-state index is 13.3. The number of amides is 1. The second-order valence-electron chi connectivity index (χ2n) is 7.69. The van der Waals surface area contributed by atoms with Crippen LogP contribution in [0.25, 0.3) is 0 Å². The lowest BCUT2D eigenvalue weighted by Gasteiger charge is -2.48. The fourth-order valence-electron chi connectivity index (χ4n) is 3.79. The molecular weight excluding hydrogens is 368 g/mol. The number of hydrogen-bond donors (Lipinski definition) is 2. The Morgan fingerprint density at radius 2 is 2.10 bits per heavy atom. The van der Waals surface area contributed by atoms with Crippen LogP contribution in [-0.2, 0) is 11.3 Å². The average molecular weight is 401 g/mol. The smallest absolute Gasteiger partial charge is 0.228 e. The van der Waals surface area contributed by atoms with Gasteiger partial charge in [0.2, 0.25) is 5.91 Å². The highest BCUT2D eigenvalue weighted by atomic mass is 16.5. The summed E-state index contributed by atoms with van der Waals surface area (Å²) in [4.78, 5) is 19.2. The number of nitrogens with zero attached hydrogens (tertiary/aromatic N) is 4. The summed E-state index contributed by atoms with van der Waals surface area (Å²) in [5, 5.41) is 10.8. The number of hydrogen-bond acceptors (Lipinski definition) is 7. The van der Waals surface area contributed by atoms with Crippen molar-refractivity contribution in [2.75, 3.05) is 13.2 Å². The van der Waals surface area contributed by atoms with Crippen LogP contribution in [0.1, 0.15) is 51.7 Å². The van der Waals surface area contributed by atoms with Crippen molar-refractivity contribution in [3.8, 4) is 11.8 Å². The number of hydrazine groups is 1. The van der Waals surface area contributed by atoms with Crippen LogP contribution in [0.3, 0.4) is 0 Å². The zero-order valence-corrected chi connectivity index (χ0v) is 17.8. The number of aromatic nitrogens is 1. The van der Waals surface area contributed by atoms with Gasteiger partial charge in [0.1, 0.15) is 24.0 Å². The average Bonchev–Trinajstić information content (AvgIpc) is 2.90. The molecule has 0 saturated heterocycles. The number of nitrogens with two attached hydrogens (primary N) is 2. The van der Waals surface area contributed by atoms with Crippen LogP contribution in [0.5, 0.6) is 5.75 Å². The van der Waals surface area contributed by atoms with Crippen LogP contribution in [0.4, 0.5) is 0 Å². The van der Waals surface area contributed by atoms with Gasteiger partial charge >= 0.3 is 0 Å². The highest BCUT2D eigenvalue weighted by Gasteiger charge is 2.47. The third-order valence-electron chi connectivity index (χ3n) is 5.71. The van der Waals surface area contributed by atoms with E-state index in [0.717, 1.165) is 18.4 Å². The number of fused-ring (bicyclic) bond motifs is 1. The number of nitriles is 1. The van der Waals surface area contributed by atoms with E-state index in [1.54, 1.807) is 17.4 Å². The van der Waals surface area contributed by atoms with Gasteiger partial charge in [-0.2, -0.15) is 5.26 Å². The molecule has 8 nitrogen and oxygen atoms in total. The monoisotopic (exact) mass is 400 g/mol. The van der Waals surface area contributed by atoms with Crippen LogP contribution >= 0.6 is 0 Å². The van der Waals surface area contributed by atoms with Gasteiger partial charge in [0, 0.05) is 41.8 Å². The van der Waals surface area contributed by atoms with Crippen LogP contribution in [-0.4, -0.2) is 40.0 Å². The van der Waals surface area contributed by atoms with Gasteiger partial charge in [-0.25, -0.2) is 5.84 Å². The summed E-state index contributed by atoms with van der Waals surface area (Å²) in [7, 11) is 0. The van der Waals surface area contributed by atoms with E-state index in [1.165, 1.54) is 12.4 Å². The highest BCUT2D eigenvalue weighted by Crippen LogP contribution is 2.45. The molecule has 0 radical (unpaired) electrons. The summed E-state index contributed by atoms with van der Waals surface area (Å²) in [6.45, 7) is 9.23. The lowest BCUT2D eigenvalue weighted by molar-refractivity contribution is -0.147. The number of carbonyl (C=O) groups excluding carboxylic acids is 1. The van der Waals surface area contributed by atoms with Crippen LogP contribution in [0.2, 0.25) is 0 Å². The van der Waals surface area contributed by atoms with Gasteiger partial charge in [0.15, 0.2) is 0 Å². The predicted octanol–water partition coefficient (Wildman–Crippen LogP) is 2.11. The first-order valence-corrected chi connectivity index (χ1v) is 10.1. The predicted molar refractivity (Wildman–Crippen MR) is 111 cm³/mol. The molecule has 2 heterocycles. The van der Waals surface area contributed by atoms with Crippen LogP contribution in [0, 0.1) is 22.7 Å². The molecule has 1 saturated carbocycles. The molecule has 158 valence electrons. The van der Waals surface area contributed by atoms with Crippen molar-refractivity contribution in [1.82, 2.24) is 14.9 Å². The summed E-state index contributed by atoms with van der Waals surface area (Å²) in [6.07, 6.45) is 7.92. The van der Waals surface area contributed by atoms with Crippen LogP contribution in [0.15, 0.2) is 24.8 Å². The van der Waals surface area contributed by atoms with E-state index in [9.17, 15) is 10.1 Å². The highest BCUT2D eigenvalue weighted by molar-refractivity contribution is 5.82. The largest absolute Gasteiger partial charge is 0.490 e. The van der Waals surface area contributed by atoms with Crippen molar-refractivity contribution in [2.45, 2.75) is 53.1 Å². The first-order valence-electron chi connectivity index (χ1n) is 10.1. The molecular formula is C21H32N6O2. The van der Waals surface area contributed by atoms with Crippen molar-refractivity contribution in [2.24, 2.45) is 22.9 Å². The SMILES string of the molecule is CC.CC(C)(C(=O)N1CCOc2c(C#N)cncc2C1)C1CC(N(N)/C=C\N)C1. The summed E-state index contributed by atoms with van der Waals surface area (Å²) in [5.74, 6) is 6.81. The number of ether oxygens (including phenoxy) is 1. The Balaban J connectivity index is 0.00000145. The minimum absolute atomic E-state index is 0.0858. The van der Waals surface area contributed by atoms with Crippen molar-refractivity contribution >= 4 is 5.91 Å². The molecule has 8 heteroatoms. The Morgan fingerprint density at radius 1 is 1.41 bits per heavy atom. The molecule has 0 unspecified atom stereocenters. The Bertz CT molecular complexity index is 780. The fraction of sp³-hybridized carbons (Fsp3) is 0.571. The van der Waals surface area contributed by atoms with Gasteiger partial charge in [-0.1, -0.05) is 27.7 Å². The minimum Gasteiger partial charge on any atom is -0.490 e. The maximum Gasteiger partial charge on any atom is 0.228 e. The minimum atomic E-state index is -0.505. The van der Waals surface area contributed by atoms with Crippen molar-refractivity contribution in [3.05, 3.63) is 35.9 Å². The normalized spacial score (nSPS) is 20.9. The van der Waals surface area contributed by atoms with Gasteiger partial charge in [-0.05, 0) is 18.8 Å². The van der Waals surface area contributed by atoms with Gasteiger partial charge in [-0.15, -0.1) is 0 Å². The molecule has 1 fully saturated rings. The van der Waals surface area contributed by atoms with Crippen LogP contribution < -0.4 is 16.3 Å². The topological polar surface area (TPSA) is 121 Å². The summed E-state index contributed by atoms with van der Waals surface area (Å²) < 4.78 is 5.74. The molecule has 0 bridgehead atoms. The quantitative estimate of drug-likeness (QED) is 0.586. The molecule has 1 aromatic rings. The molecule has 1 aliphatic heterocycles. The Kier molecular flexibility index (Phi) is 7.46. The van der Waals surface area contributed by atoms with Crippen molar-refractivity contribution in [1.29, 1.82) is 5.26 Å². The summed E-state index contributed by atoms with van der Waals surface area (Å²) in [5.41, 5.74) is 6.05. The molecule has 3 rings (SSSR count). The van der Waals surface area contributed by atoms with Gasteiger partial charge in [-0.3, -0.25) is 9.78 Å². The molecule has 0 aromatic carbocycles. The zero-order valence-electron chi connectivity index (χ0n) is 17.8. The molecule has 2 aliphatic rings. The second-order valence-corrected chi connectivity index (χ2v) is 7.69. The standard InChI is InChI=1S/C19H26N6O2.C2H6/c1-19(2,15-7-16(8-15)25(22)4-3-20)18(26)24-5-6-27-17-13(9-21)10-23-11-14(17)12-24;1-2/h3-4,10-11,15-16H,5-8,12,20,22H2,1-2H3;1-2H3/b4-3-;. The maximum absolute atomic E-state index is 13.3. The molecule has 29 heavy (non-hydrogen) atoms. The number of rotatable bonds is 4. The Labute approximate surface area is 173 Å². The summed E-state index contributed by atoms with van der Waals surface area (Å²) in [6, 6.07) is 2.30. The first kappa shape index (κ1) is 22.5. The zero-order chi connectivity index (χ0) is 21.6. The third-order valence-corrected chi connectivity index (χ3v) is 5.71. The van der Waals surface area contributed by atoms with E-state index in [1.807, 2.05) is 32.6 Å². The van der Waals surface area contributed by atoms with Crippen molar-refractivity contribution < 1.29 is 9.53 Å². The van der Waals surface area contributed by atoms with E-state index in [-0.39, 0.29) is 17.9 Å². The third kappa shape index (κ3) is 4.62. The number of carbonyl (C=O) groups is 1. The molecule has 4 N–H and O–H groups in total. The van der Waals surface area contributed by atoms with E-state index in [2.05, 4.69) is 11.1 Å². The van der Waals surface area contributed by atoms with E-state index in [4.69, 9.17) is 16.3 Å². The Morgan fingerprint density at radius 3 is 2.72 bits per heavy atom. The Hall–Kier alpha value is -2.79. The molecule has 0 atom stereocenters. The van der Waals surface area contributed by atoms with Gasteiger partial charge in [0.05, 0.1) is 13.1 Å². The van der Waals surface area contributed by atoms with E-state index >= 15 is 0 Å². The number of pyridine rings is 1. The second kappa shape index (κ2) is 9.61. The molecule has 0 spiro atoms. The van der Waals surface area contributed by atoms with E-state index in [0.29, 0.717) is 31.0 Å². The lowest BCUT2D eigenvalue weighted by atomic mass is 9.64.